The molecule has 0 atom stereocenters. The van der Waals surface area contributed by atoms with E-state index < -0.39 is 0 Å². The van der Waals surface area contributed by atoms with Crippen LogP contribution in [0.1, 0.15) is 24.8 Å². The highest BCUT2D eigenvalue weighted by Crippen LogP contribution is 2.25. The third-order valence-corrected chi connectivity index (χ3v) is 3.70. The van der Waals surface area contributed by atoms with Gasteiger partial charge in [0.2, 0.25) is 0 Å². The Morgan fingerprint density at radius 2 is 1.59 bits per heavy atom. The fourth-order valence-electron chi connectivity index (χ4n) is 2.70. The molecule has 0 aromatic heterocycles. The average molecular weight is 225 g/mol. The van der Waals surface area contributed by atoms with Crippen molar-refractivity contribution in [2.24, 2.45) is 0 Å². The van der Waals surface area contributed by atoms with Crippen molar-refractivity contribution in [1.82, 2.24) is 0 Å². The predicted octanol–water partition coefficient (Wildman–Crippen LogP) is 4.14. The summed E-state index contributed by atoms with van der Waals surface area (Å²) in [6.07, 6.45) is 4.07. The molecule has 0 spiro atoms. The Morgan fingerprint density at radius 3 is 2.41 bits per heavy atom. The van der Waals surface area contributed by atoms with E-state index in [9.17, 15) is 0 Å². The number of anilines is 1. The molecule has 0 radical (unpaired) electrons. The minimum atomic E-state index is 1.22. The van der Waals surface area contributed by atoms with Crippen LogP contribution in [0.25, 0.3) is 10.8 Å². The zero-order valence-corrected chi connectivity index (χ0v) is 10.4. The quantitative estimate of drug-likeness (QED) is 0.705. The summed E-state index contributed by atoms with van der Waals surface area (Å²) < 4.78 is 0. The first-order chi connectivity index (χ1) is 8.33. The lowest BCUT2D eigenvalue weighted by atomic mass is 10.1. The van der Waals surface area contributed by atoms with Gasteiger partial charge in [-0.2, -0.15) is 0 Å². The first-order valence-corrected chi connectivity index (χ1v) is 6.58. The fraction of sp³-hybridized carbons (Fsp3) is 0.375. The minimum Gasteiger partial charge on any atom is -0.372 e. The zero-order chi connectivity index (χ0) is 11.7. The van der Waals surface area contributed by atoms with Gasteiger partial charge in [-0.25, -0.2) is 0 Å². The summed E-state index contributed by atoms with van der Waals surface area (Å²) in [5.41, 5.74) is 2.73. The number of nitrogens with zero attached hydrogens (tertiary/aromatic N) is 1. The summed E-state index contributed by atoms with van der Waals surface area (Å²) in [5, 5.41) is 2.71. The molecular weight excluding hydrogens is 206 g/mol. The Kier molecular flexibility index (Phi) is 2.76. The second kappa shape index (κ2) is 4.40. The average Bonchev–Trinajstić information content (AvgIpc) is 2.39. The van der Waals surface area contributed by atoms with E-state index in [1.807, 2.05) is 0 Å². The summed E-state index contributed by atoms with van der Waals surface area (Å²) in [7, 11) is 0. The van der Waals surface area contributed by atoms with Crippen molar-refractivity contribution in [3.63, 3.8) is 0 Å². The highest BCUT2D eigenvalue weighted by molar-refractivity contribution is 5.86. The normalized spacial score (nSPS) is 16.4. The third-order valence-electron chi connectivity index (χ3n) is 3.70. The van der Waals surface area contributed by atoms with Gasteiger partial charge < -0.3 is 4.90 Å². The van der Waals surface area contributed by atoms with Gasteiger partial charge >= 0.3 is 0 Å². The van der Waals surface area contributed by atoms with Gasteiger partial charge in [-0.05, 0) is 49.1 Å². The van der Waals surface area contributed by atoms with Crippen LogP contribution in [0.3, 0.4) is 0 Å². The number of fused-ring (bicyclic) bond motifs is 1. The van der Waals surface area contributed by atoms with Gasteiger partial charge in [0.15, 0.2) is 0 Å². The summed E-state index contributed by atoms with van der Waals surface area (Å²) in [5.74, 6) is 0. The van der Waals surface area contributed by atoms with Crippen molar-refractivity contribution in [3.05, 3.63) is 42.0 Å². The molecule has 0 amide bonds. The van der Waals surface area contributed by atoms with Crippen LogP contribution < -0.4 is 4.90 Å². The van der Waals surface area contributed by atoms with E-state index in [1.54, 1.807) is 0 Å². The maximum Gasteiger partial charge on any atom is 0.0372 e. The van der Waals surface area contributed by atoms with Gasteiger partial charge in [0.1, 0.15) is 0 Å². The Morgan fingerprint density at radius 1 is 0.824 bits per heavy atom. The highest BCUT2D eigenvalue weighted by Gasteiger charge is 2.10. The van der Waals surface area contributed by atoms with E-state index in [0.717, 1.165) is 0 Å². The molecular formula is C16H19N. The predicted molar refractivity (Wildman–Crippen MR) is 74.7 cm³/mol. The number of benzene rings is 2. The monoisotopic (exact) mass is 225 g/mol. The molecule has 1 aliphatic rings. The van der Waals surface area contributed by atoms with Crippen LogP contribution in [0.4, 0.5) is 5.69 Å². The first-order valence-electron chi connectivity index (χ1n) is 6.58. The standard InChI is InChI=1S/C16H19N/c1-13-5-6-14-7-8-16(12-15(14)11-13)17-9-3-2-4-10-17/h5-8,11-12H,2-4,9-10H2,1H3. The van der Waals surface area contributed by atoms with Crippen molar-refractivity contribution in [3.8, 4) is 0 Å². The third kappa shape index (κ3) is 2.14. The summed E-state index contributed by atoms with van der Waals surface area (Å²) in [4.78, 5) is 2.52. The molecule has 0 N–H and O–H groups in total. The van der Waals surface area contributed by atoms with E-state index in [1.165, 1.54) is 54.4 Å². The zero-order valence-electron chi connectivity index (χ0n) is 10.4. The van der Waals surface area contributed by atoms with Gasteiger partial charge in [0.05, 0.1) is 0 Å². The minimum absolute atomic E-state index is 1.22. The maximum absolute atomic E-state index is 2.52. The molecule has 1 fully saturated rings. The molecule has 0 saturated carbocycles. The van der Waals surface area contributed by atoms with E-state index in [4.69, 9.17) is 0 Å². The Labute approximate surface area is 103 Å². The van der Waals surface area contributed by atoms with Crippen molar-refractivity contribution >= 4 is 16.5 Å². The second-order valence-electron chi connectivity index (χ2n) is 5.08. The van der Waals surface area contributed by atoms with Gasteiger partial charge in [0, 0.05) is 18.8 Å². The van der Waals surface area contributed by atoms with Crippen LogP contribution in [-0.4, -0.2) is 13.1 Å². The lowest BCUT2D eigenvalue weighted by molar-refractivity contribution is 0.578. The van der Waals surface area contributed by atoms with Gasteiger partial charge in [-0.1, -0.05) is 29.8 Å². The van der Waals surface area contributed by atoms with Crippen molar-refractivity contribution in [2.45, 2.75) is 26.2 Å². The van der Waals surface area contributed by atoms with Crippen LogP contribution in [-0.2, 0) is 0 Å². The lowest BCUT2D eigenvalue weighted by Crippen LogP contribution is -2.29. The summed E-state index contributed by atoms with van der Waals surface area (Å²) in [6.45, 7) is 4.60. The molecule has 1 nitrogen and oxygen atoms in total. The molecule has 88 valence electrons. The van der Waals surface area contributed by atoms with Crippen LogP contribution in [0.15, 0.2) is 36.4 Å². The molecule has 1 saturated heterocycles. The van der Waals surface area contributed by atoms with Crippen molar-refractivity contribution < 1.29 is 0 Å². The van der Waals surface area contributed by atoms with E-state index in [2.05, 4.69) is 48.2 Å². The molecule has 2 aromatic carbocycles. The van der Waals surface area contributed by atoms with Crippen LogP contribution >= 0.6 is 0 Å². The fourth-order valence-corrected chi connectivity index (χ4v) is 2.70. The molecule has 0 bridgehead atoms. The number of rotatable bonds is 1. The molecule has 17 heavy (non-hydrogen) atoms. The molecule has 2 aromatic rings. The summed E-state index contributed by atoms with van der Waals surface area (Å²) in [6, 6.07) is 13.5. The second-order valence-corrected chi connectivity index (χ2v) is 5.08. The molecule has 3 rings (SSSR count). The molecule has 0 aliphatic carbocycles. The van der Waals surface area contributed by atoms with E-state index in [-0.39, 0.29) is 0 Å². The number of piperidine rings is 1. The Bertz CT molecular complexity index is 524. The first kappa shape index (κ1) is 10.6. The number of hydrogen-bond donors (Lipinski definition) is 0. The lowest BCUT2D eigenvalue weighted by Gasteiger charge is -2.29. The van der Waals surface area contributed by atoms with Crippen LogP contribution in [0.2, 0.25) is 0 Å². The number of aryl methyl sites for hydroxylation is 1. The summed E-state index contributed by atoms with van der Waals surface area (Å²) >= 11 is 0. The van der Waals surface area contributed by atoms with Crippen molar-refractivity contribution in [2.75, 3.05) is 18.0 Å². The molecule has 1 heterocycles. The molecule has 1 heteroatoms. The van der Waals surface area contributed by atoms with E-state index in [0.29, 0.717) is 0 Å². The Balaban J connectivity index is 1.99. The SMILES string of the molecule is Cc1ccc2ccc(N3CCCCC3)cc2c1. The smallest absolute Gasteiger partial charge is 0.0372 e. The number of hydrogen-bond acceptors (Lipinski definition) is 1. The molecule has 1 aliphatic heterocycles. The van der Waals surface area contributed by atoms with Crippen molar-refractivity contribution in [1.29, 1.82) is 0 Å². The largest absolute Gasteiger partial charge is 0.372 e. The van der Waals surface area contributed by atoms with Crippen LogP contribution in [0, 0.1) is 6.92 Å². The molecule has 0 unspecified atom stereocenters. The van der Waals surface area contributed by atoms with Gasteiger partial charge in [-0.15, -0.1) is 0 Å². The topological polar surface area (TPSA) is 3.24 Å². The van der Waals surface area contributed by atoms with E-state index >= 15 is 0 Å². The Hall–Kier alpha value is -1.50. The van der Waals surface area contributed by atoms with Gasteiger partial charge in [0.25, 0.3) is 0 Å². The van der Waals surface area contributed by atoms with Crippen LogP contribution in [0.5, 0.6) is 0 Å². The highest BCUT2D eigenvalue weighted by atomic mass is 15.1. The maximum atomic E-state index is 2.52. The van der Waals surface area contributed by atoms with Gasteiger partial charge in [-0.3, -0.25) is 0 Å².